The minimum Gasteiger partial charge on any atom is -0.462 e. The van der Waals surface area contributed by atoms with Crippen molar-refractivity contribution in [2.24, 2.45) is 0 Å². The lowest BCUT2D eigenvalue weighted by Gasteiger charge is -2.24. The van der Waals surface area contributed by atoms with Crippen molar-refractivity contribution >= 4 is 11.9 Å². The third kappa shape index (κ3) is 44.7. The number of aliphatic hydroxyl groups excluding tert-OH is 2. The number of unbranched alkanes of at least 4 members (excludes halogenated alkanes) is 33. The van der Waals surface area contributed by atoms with Crippen LogP contribution in [0.25, 0.3) is 0 Å². The first-order chi connectivity index (χ1) is 30.5. The fraction of sp³-hybridized carbons (Fsp3) is 0.857. The summed E-state index contributed by atoms with van der Waals surface area (Å²) in [5.74, 6) is -0.483. The molecule has 364 valence electrons. The van der Waals surface area contributed by atoms with Gasteiger partial charge in [-0.15, -0.1) is 0 Å². The highest BCUT2D eigenvalue weighted by Gasteiger charge is 2.24. The molecule has 0 aromatic rings. The minimum absolute atomic E-state index is 0.0735. The van der Waals surface area contributed by atoms with Crippen LogP contribution in [0, 0.1) is 0 Å². The number of hydrogen-bond acceptors (Lipinski definition) is 5. The summed E-state index contributed by atoms with van der Waals surface area (Å²) in [5.41, 5.74) is 0. The predicted octanol–water partition coefficient (Wildman–Crippen LogP) is 16.5. The summed E-state index contributed by atoms with van der Waals surface area (Å²) in [6, 6.07) is -0.703. The summed E-state index contributed by atoms with van der Waals surface area (Å²) < 4.78 is 5.94. The minimum atomic E-state index is -0.789. The van der Waals surface area contributed by atoms with Crippen LogP contribution >= 0.6 is 0 Å². The zero-order valence-corrected chi connectivity index (χ0v) is 41.5. The quantitative estimate of drug-likeness (QED) is 0.0321. The van der Waals surface area contributed by atoms with Gasteiger partial charge in [0.15, 0.2) is 0 Å². The highest BCUT2D eigenvalue weighted by atomic mass is 16.5. The Hall–Kier alpha value is -1.92. The molecule has 0 radical (unpaired) electrons. The van der Waals surface area contributed by atoms with E-state index < -0.39 is 18.2 Å². The average molecular weight is 872 g/mol. The van der Waals surface area contributed by atoms with Crippen LogP contribution in [0.15, 0.2) is 36.5 Å². The van der Waals surface area contributed by atoms with Crippen LogP contribution in [0.4, 0.5) is 0 Å². The number of aliphatic hydroxyl groups is 2. The number of nitrogens with one attached hydrogen (secondary N) is 1. The molecule has 6 heteroatoms. The Morgan fingerprint density at radius 2 is 0.871 bits per heavy atom. The Balaban J connectivity index is 4.55. The molecule has 0 bridgehead atoms. The molecule has 3 unspecified atom stereocenters. The van der Waals surface area contributed by atoms with Crippen LogP contribution in [0.1, 0.15) is 284 Å². The van der Waals surface area contributed by atoms with Gasteiger partial charge in [0.2, 0.25) is 5.91 Å². The van der Waals surface area contributed by atoms with Crippen molar-refractivity contribution in [2.75, 3.05) is 6.61 Å². The molecule has 3 atom stereocenters. The Labute approximate surface area is 385 Å². The number of allylic oxidation sites excluding steroid dienone is 6. The summed E-state index contributed by atoms with van der Waals surface area (Å²) in [7, 11) is 0. The van der Waals surface area contributed by atoms with Crippen molar-refractivity contribution in [3.63, 3.8) is 0 Å². The van der Waals surface area contributed by atoms with E-state index in [2.05, 4.69) is 62.5 Å². The summed E-state index contributed by atoms with van der Waals surface area (Å²) >= 11 is 0. The number of hydrogen-bond donors (Lipinski definition) is 3. The van der Waals surface area contributed by atoms with Crippen molar-refractivity contribution in [3.05, 3.63) is 36.5 Å². The van der Waals surface area contributed by atoms with E-state index in [1.54, 1.807) is 0 Å². The van der Waals surface area contributed by atoms with Gasteiger partial charge in [0.1, 0.15) is 6.10 Å². The lowest BCUT2D eigenvalue weighted by Crippen LogP contribution is -2.46. The van der Waals surface area contributed by atoms with E-state index in [-0.39, 0.29) is 24.9 Å². The van der Waals surface area contributed by atoms with Gasteiger partial charge in [-0.25, -0.2) is 0 Å². The molecule has 0 saturated carbocycles. The molecule has 0 rings (SSSR count). The average Bonchev–Trinajstić information content (AvgIpc) is 3.26. The Kier molecular flexibility index (Phi) is 48.5. The second-order valence-corrected chi connectivity index (χ2v) is 18.7. The second kappa shape index (κ2) is 50.1. The molecule has 0 spiro atoms. The zero-order chi connectivity index (χ0) is 45.2. The molecule has 0 saturated heterocycles. The predicted molar refractivity (Wildman–Crippen MR) is 269 cm³/mol. The molecule has 0 aliphatic rings. The lowest BCUT2D eigenvalue weighted by atomic mass is 10.0. The van der Waals surface area contributed by atoms with Gasteiger partial charge in [0, 0.05) is 6.42 Å². The number of esters is 1. The van der Waals surface area contributed by atoms with Gasteiger partial charge in [-0.3, -0.25) is 9.59 Å². The van der Waals surface area contributed by atoms with Crippen molar-refractivity contribution < 1.29 is 24.5 Å². The molecule has 0 aliphatic carbocycles. The van der Waals surface area contributed by atoms with E-state index in [0.29, 0.717) is 19.3 Å². The fourth-order valence-corrected chi connectivity index (χ4v) is 8.43. The van der Waals surface area contributed by atoms with E-state index in [0.717, 1.165) is 70.6 Å². The van der Waals surface area contributed by atoms with Crippen LogP contribution in [0.5, 0.6) is 0 Å². The van der Waals surface area contributed by atoms with Crippen molar-refractivity contribution in [2.45, 2.75) is 302 Å². The molecule has 0 aromatic carbocycles. The molecule has 0 aromatic heterocycles. The number of carbonyl (C=O) groups is 2. The van der Waals surface area contributed by atoms with Gasteiger partial charge in [0.05, 0.1) is 25.2 Å². The fourth-order valence-electron chi connectivity index (χ4n) is 8.43. The van der Waals surface area contributed by atoms with Gasteiger partial charge >= 0.3 is 5.97 Å². The van der Waals surface area contributed by atoms with E-state index in [4.69, 9.17) is 4.74 Å². The van der Waals surface area contributed by atoms with Gasteiger partial charge in [-0.2, -0.15) is 0 Å². The smallest absolute Gasteiger partial charge is 0.306 e. The Morgan fingerprint density at radius 1 is 0.484 bits per heavy atom. The van der Waals surface area contributed by atoms with Crippen molar-refractivity contribution in [1.29, 1.82) is 0 Å². The topological polar surface area (TPSA) is 95.9 Å². The summed E-state index contributed by atoms with van der Waals surface area (Å²) in [5, 5.41) is 23.8. The van der Waals surface area contributed by atoms with Gasteiger partial charge in [-0.1, -0.05) is 263 Å². The maximum atomic E-state index is 13.2. The van der Waals surface area contributed by atoms with E-state index in [1.807, 2.05) is 0 Å². The molecule has 0 fully saturated rings. The van der Waals surface area contributed by atoms with Crippen LogP contribution in [0.3, 0.4) is 0 Å². The van der Waals surface area contributed by atoms with Crippen molar-refractivity contribution in [3.8, 4) is 0 Å². The SMILES string of the molecule is CC/C=C/C=C/C=C\CCCCCCCC(=O)OC(CCCCCCCCCCCCCCCCC)CC(=O)NC(CO)C(O)CCCCCCCCCCCCCCCCC. The highest BCUT2D eigenvalue weighted by molar-refractivity contribution is 5.77. The maximum Gasteiger partial charge on any atom is 0.306 e. The normalized spacial score (nSPS) is 13.4. The van der Waals surface area contributed by atoms with Gasteiger partial charge in [0.25, 0.3) is 0 Å². The van der Waals surface area contributed by atoms with Crippen LogP contribution < -0.4 is 5.32 Å². The molecule has 0 aliphatic heterocycles. The monoisotopic (exact) mass is 872 g/mol. The molecule has 0 heterocycles. The summed E-state index contributed by atoms with van der Waals surface area (Å²) in [4.78, 5) is 26.2. The second-order valence-electron chi connectivity index (χ2n) is 18.7. The number of rotatable bonds is 49. The molecule has 3 N–H and O–H groups in total. The van der Waals surface area contributed by atoms with Gasteiger partial charge in [-0.05, 0) is 44.9 Å². The van der Waals surface area contributed by atoms with Gasteiger partial charge < -0.3 is 20.3 Å². The molecular formula is C56H105NO5. The van der Waals surface area contributed by atoms with Crippen LogP contribution in [0.2, 0.25) is 0 Å². The standard InChI is InChI=1S/C56H105NO5/c1-4-7-10-13-16-19-22-25-27-30-32-35-38-41-44-47-52(62-56(61)49-46-43-40-37-34-29-24-21-18-15-12-9-6-3)50-55(60)57-53(51-58)54(59)48-45-42-39-36-33-31-28-26-23-20-17-14-11-8-5-2/h9,12,15,18,21,24,52-54,58-59H,4-8,10-11,13-14,16-17,19-20,22-23,25-51H2,1-3H3,(H,57,60)/b12-9+,18-15+,24-21-. The van der Waals surface area contributed by atoms with E-state index >= 15 is 0 Å². The third-order valence-electron chi connectivity index (χ3n) is 12.5. The van der Waals surface area contributed by atoms with Crippen LogP contribution in [-0.2, 0) is 14.3 Å². The first-order valence-electron chi connectivity index (χ1n) is 27.2. The van der Waals surface area contributed by atoms with Crippen LogP contribution in [-0.4, -0.2) is 46.9 Å². The number of ether oxygens (including phenoxy) is 1. The number of amides is 1. The number of carbonyl (C=O) groups excluding carboxylic acids is 2. The largest absolute Gasteiger partial charge is 0.462 e. The lowest BCUT2D eigenvalue weighted by molar-refractivity contribution is -0.151. The Bertz CT molecular complexity index is 1020. The molecular weight excluding hydrogens is 767 g/mol. The third-order valence-corrected chi connectivity index (χ3v) is 12.5. The molecule has 62 heavy (non-hydrogen) atoms. The van der Waals surface area contributed by atoms with E-state index in [9.17, 15) is 19.8 Å². The Morgan fingerprint density at radius 3 is 1.31 bits per heavy atom. The molecule has 1 amide bonds. The van der Waals surface area contributed by atoms with E-state index in [1.165, 1.54) is 167 Å². The van der Waals surface area contributed by atoms with Crippen molar-refractivity contribution in [1.82, 2.24) is 5.32 Å². The molecule has 6 nitrogen and oxygen atoms in total. The summed E-state index contributed by atoms with van der Waals surface area (Å²) in [6.07, 6.45) is 59.2. The first-order valence-corrected chi connectivity index (χ1v) is 27.2. The summed E-state index contributed by atoms with van der Waals surface area (Å²) in [6.45, 7) is 6.38. The highest BCUT2D eigenvalue weighted by Crippen LogP contribution is 2.19. The zero-order valence-electron chi connectivity index (χ0n) is 41.5. The first kappa shape index (κ1) is 60.1. The maximum absolute atomic E-state index is 13.2.